The van der Waals surface area contributed by atoms with E-state index < -0.39 is 23.3 Å². The highest BCUT2D eigenvalue weighted by Gasteiger charge is 2.52. The molecular formula is C18H30O6. The first kappa shape index (κ1) is 22.1. The van der Waals surface area contributed by atoms with E-state index in [1.807, 2.05) is 0 Å². The van der Waals surface area contributed by atoms with Crippen molar-refractivity contribution in [3.63, 3.8) is 0 Å². The van der Waals surface area contributed by atoms with Crippen molar-refractivity contribution in [3.05, 3.63) is 12.2 Å². The molecule has 0 bridgehead atoms. The van der Waals surface area contributed by atoms with Crippen molar-refractivity contribution in [1.82, 2.24) is 0 Å². The molecule has 0 atom stereocenters. The van der Waals surface area contributed by atoms with Gasteiger partial charge in [0.15, 0.2) is 0 Å². The minimum atomic E-state index is -2.89. The zero-order valence-corrected chi connectivity index (χ0v) is 14.5. The van der Waals surface area contributed by atoms with Gasteiger partial charge in [0.25, 0.3) is 5.41 Å². The summed E-state index contributed by atoms with van der Waals surface area (Å²) in [7, 11) is 0. The molecule has 0 fully saturated rings. The first-order valence-corrected chi connectivity index (χ1v) is 8.77. The van der Waals surface area contributed by atoms with E-state index in [9.17, 15) is 14.4 Å². The molecule has 0 aliphatic heterocycles. The number of hydrogen-bond acceptors (Lipinski definition) is 3. The Labute approximate surface area is 143 Å². The van der Waals surface area contributed by atoms with Crippen molar-refractivity contribution in [2.45, 2.75) is 77.6 Å². The molecule has 24 heavy (non-hydrogen) atoms. The van der Waals surface area contributed by atoms with Crippen LogP contribution < -0.4 is 0 Å². The molecule has 0 aromatic heterocycles. The van der Waals surface area contributed by atoms with Gasteiger partial charge in [0.1, 0.15) is 0 Å². The summed E-state index contributed by atoms with van der Waals surface area (Å²) in [5.41, 5.74) is -2.89. The third kappa shape index (κ3) is 7.62. The number of aliphatic carboxylic acids is 3. The molecule has 0 saturated carbocycles. The molecule has 0 radical (unpaired) electrons. The van der Waals surface area contributed by atoms with Gasteiger partial charge in [0, 0.05) is 0 Å². The van der Waals surface area contributed by atoms with Crippen molar-refractivity contribution in [1.29, 1.82) is 0 Å². The van der Waals surface area contributed by atoms with Gasteiger partial charge in [-0.2, -0.15) is 0 Å². The third-order valence-corrected chi connectivity index (χ3v) is 4.10. The van der Waals surface area contributed by atoms with E-state index in [1.165, 1.54) is 51.0 Å². The topological polar surface area (TPSA) is 112 Å². The van der Waals surface area contributed by atoms with Crippen LogP contribution >= 0.6 is 0 Å². The summed E-state index contributed by atoms with van der Waals surface area (Å²) in [6.07, 6.45) is 14.2. The Hall–Kier alpha value is -1.85. The quantitative estimate of drug-likeness (QED) is 0.235. The summed E-state index contributed by atoms with van der Waals surface area (Å²) < 4.78 is 0. The molecule has 0 heterocycles. The number of carboxylic acid groups (broad SMARTS) is 3. The lowest BCUT2D eigenvalue weighted by molar-refractivity contribution is -0.171. The number of hydrogen-bond donors (Lipinski definition) is 3. The Balaban J connectivity index is 3.97. The number of carbonyl (C=O) groups is 3. The van der Waals surface area contributed by atoms with E-state index in [4.69, 9.17) is 15.3 Å². The molecule has 0 aromatic carbocycles. The Morgan fingerprint density at radius 2 is 1.08 bits per heavy atom. The third-order valence-electron chi connectivity index (χ3n) is 4.10. The molecule has 0 aliphatic rings. The molecule has 0 aromatic rings. The van der Waals surface area contributed by atoms with Crippen LogP contribution in [0.2, 0.25) is 0 Å². The van der Waals surface area contributed by atoms with Crippen molar-refractivity contribution in [2.75, 3.05) is 0 Å². The first-order valence-electron chi connectivity index (χ1n) is 8.77. The standard InChI is InChI=1S/C18H30O6/c1-2-3-4-5-6-7-8-9-10-11-12-13-14-18(15(19)20,16(21)22)17(23)24/h13-14H,2-12H2,1H3,(H,19,20)(H,21,22)(H,23,24). The van der Waals surface area contributed by atoms with Crippen molar-refractivity contribution in [2.24, 2.45) is 5.41 Å². The summed E-state index contributed by atoms with van der Waals surface area (Å²) in [5, 5.41) is 26.8. The van der Waals surface area contributed by atoms with Gasteiger partial charge in [0.05, 0.1) is 0 Å². The molecule has 0 unspecified atom stereocenters. The Bertz CT molecular complexity index is 391. The van der Waals surface area contributed by atoms with Crippen LogP contribution in [0.1, 0.15) is 77.6 Å². The van der Waals surface area contributed by atoms with E-state index in [0.29, 0.717) is 6.42 Å². The Morgan fingerprint density at radius 1 is 0.708 bits per heavy atom. The fourth-order valence-corrected chi connectivity index (χ4v) is 2.50. The van der Waals surface area contributed by atoms with Crippen LogP contribution in [-0.4, -0.2) is 33.2 Å². The zero-order chi connectivity index (χ0) is 18.4. The maximum absolute atomic E-state index is 11.0. The minimum absolute atomic E-state index is 0.478. The number of carboxylic acids is 3. The number of allylic oxidation sites excluding steroid dienone is 1. The van der Waals surface area contributed by atoms with Crippen molar-refractivity contribution in [3.8, 4) is 0 Å². The number of unbranched alkanes of at least 4 members (excludes halogenated alkanes) is 10. The molecule has 0 rings (SSSR count). The minimum Gasteiger partial charge on any atom is -0.480 e. The summed E-state index contributed by atoms with van der Waals surface area (Å²) in [6, 6.07) is 0. The molecule has 3 N–H and O–H groups in total. The van der Waals surface area contributed by atoms with Crippen LogP contribution in [0.5, 0.6) is 0 Å². The van der Waals surface area contributed by atoms with Gasteiger partial charge in [-0.25, -0.2) is 0 Å². The lowest BCUT2D eigenvalue weighted by Gasteiger charge is -2.15. The van der Waals surface area contributed by atoms with Gasteiger partial charge in [-0.05, 0) is 18.9 Å². The van der Waals surface area contributed by atoms with Crippen LogP contribution in [0.25, 0.3) is 0 Å². The summed E-state index contributed by atoms with van der Waals surface area (Å²) in [6.45, 7) is 2.20. The van der Waals surface area contributed by atoms with Crippen molar-refractivity contribution < 1.29 is 29.7 Å². The van der Waals surface area contributed by atoms with Crippen LogP contribution in [0.3, 0.4) is 0 Å². The second kappa shape index (κ2) is 12.6. The van der Waals surface area contributed by atoms with Gasteiger partial charge < -0.3 is 15.3 Å². The largest absolute Gasteiger partial charge is 0.480 e. The molecular weight excluding hydrogens is 312 g/mol. The predicted octanol–water partition coefficient (Wildman–Crippen LogP) is 4.09. The average Bonchev–Trinajstić information content (AvgIpc) is 2.51. The predicted molar refractivity (Wildman–Crippen MR) is 90.9 cm³/mol. The summed E-state index contributed by atoms with van der Waals surface area (Å²) in [4.78, 5) is 33.1. The van der Waals surface area contributed by atoms with Gasteiger partial charge in [-0.3, -0.25) is 14.4 Å². The molecule has 0 spiro atoms. The van der Waals surface area contributed by atoms with Crippen LogP contribution in [0.4, 0.5) is 0 Å². The fraction of sp³-hybridized carbons (Fsp3) is 0.722. The van der Waals surface area contributed by atoms with Gasteiger partial charge in [-0.1, -0.05) is 70.8 Å². The second-order valence-corrected chi connectivity index (χ2v) is 6.10. The Morgan fingerprint density at radius 3 is 1.46 bits per heavy atom. The summed E-state index contributed by atoms with van der Waals surface area (Å²) >= 11 is 0. The Kier molecular flexibility index (Phi) is 11.6. The smallest absolute Gasteiger partial charge is 0.336 e. The van der Waals surface area contributed by atoms with E-state index in [1.54, 1.807) is 0 Å². The van der Waals surface area contributed by atoms with Gasteiger partial charge in [-0.15, -0.1) is 0 Å². The van der Waals surface area contributed by atoms with E-state index in [-0.39, 0.29) is 0 Å². The molecule has 0 amide bonds. The van der Waals surface area contributed by atoms with E-state index in [2.05, 4.69) is 6.92 Å². The maximum Gasteiger partial charge on any atom is 0.336 e. The fourth-order valence-electron chi connectivity index (χ4n) is 2.50. The van der Waals surface area contributed by atoms with Gasteiger partial charge >= 0.3 is 17.9 Å². The molecule has 6 nitrogen and oxygen atoms in total. The molecule has 0 aliphatic carbocycles. The normalized spacial score (nSPS) is 11.7. The monoisotopic (exact) mass is 342 g/mol. The molecule has 6 heteroatoms. The maximum atomic E-state index is 11.0. The van der Waals surface area contributed by atoms with Crippen LogP contribution in [0.15, 0.2) is 12.2 Å². The summed E-state index contributed by atoms with van der Waals surface area (Å²) in [5.74, 6) is -5.66. The first-order chi connectivity index (χ1) is 11.4. The van der Waals surface area contributed by atoms with Crippen LogP contribution in [-0.2, 0) is 14.4 Å². The highest BCUT2D eigenvalue weighted by atomic mass is 16.4. The number of rotatable bonds is 15. The lowest BCUT2D eigenvalue weighted by atomic mass is 9.87. The van der Waals surface area contributed by atoms with Crippen molar-refractivity contribution >= 4 is 17.9 Å². The lowest BCUT2D eigenvalue weighted by Crippen LogP contribution is -2.44. The van der Waals surface area contributed by atoms with E-state index in [0.717, 1.165) is 25.3 Å². The average molecular weight is 342 g/mol. The van der Waals surface area contributed by atoms with E-state index >= 15 is 0 Å². The highest BCUT2D eigenvalue weighted by Crippen LogP contribution is 2.22. The highest BCUT2D eigenvalue weighted by molar-refractivity contribution is 6.18. The van der Waals surface area contributed by atoms with Crippen LogP contribution in [0, 0.1) is 5.41 Å². The van der Waals surface area contributed by atoms with Gasteiger partial charge in [0.2, 0.25) is 0 Å². The SMILES string of the molecule is CCCCCCCCCCCCC=CC(C(=O)O)(C(=O)O)C(=O)O. The second-order valence-electron chi connectivity index (χ2n) is 6.10. The molecule has 138 valence electrons. The molecule has 0 saturated heterocycles. The zero-order valence-electron chi connectivity index (χ0n) is 14.5.